The minimum Gasteiger partial charge on any atom is -0.319 e. The van der Waals surface area contributed by atoms with Crippen LogP contribution in [0, 0.1) is 5.82 Å². The summed E-state index contributed by atoms with van der Waals surface area (Å²) in [7, 11) is 0. The Morgan fingerprint density at radius 1 is 1.31 bits per heavy atom. The first kappa shape index (κ1) is 8.26. The van der Waals surface area contributed by atoms with E-state index in [1.54, 1.807) is 24.3 Å². The van der Waals surface area contributed by atoms with Crippen LogP contribution in [0.2, 0.25) is 5.02 Å². The Bertz CT molecular complexity index is 520. The van der Waals surface area contributed by atoms with Crippen molar-refractivity contribution in [3.63, 3.8) is 0 Å². The van der Waals surface area contributed by atoms with Gasteiger partial charge in [0.25, 0.3) is 5.56 Å². The number of aromatic amines is 1. The van der Waals surface area contributed by atoms with Crippen molar-refractivity contribution in [2.45, 2.75) is 0 Å². The molecule has 66 valence electrons. The lowest BCUT2D eigenvalue weighted by Crippen LogP contribution is -2.10. The summed E-state index contributed by atoms with van der Waals surface area (Å²) in [4.78, 5) is 13.3. The van der Waals surface area contributed by atoms with Crippen LogP contribution < -0.4 is 5.56 Å². The zero-order chi connectivity index (χ0) is 9.42. The van der Waals surface area contributed by atoms with E-state index in [1.165, 1.54) is 0 Å². The van der Waals surface area contributed by atoms with Gasteiger partial charge in [-0.25, -0.2) is 0 Å². The molecule has 13 heavy (non-hydrogen) atoms. The second kappa shape index (κ2) is 2.85. The number of aromatic nitrogens is 1. The highest BCUT2D eigenvalue weighted by Gasteiger charge is 2.08. The number of para-hydroxylation sites is 1. The predicted octanol–water partition coefficient (Wildman–Crippen LogP) is 2.32. The molecule has 0 radical (unpaired) electrons. The lowest BCUT2D eigenvalue weighted by molar-refractivity contribution is 0.612. The molecule has 4 heteroatoms. The first-order valence-electron chi connectivity index (χ1n) is 3.66. The fourth-order valence-electron chi connectivity index (χ4n) is 1.18. The van der Waals surface area contributed by atoms with Crippen molar-refractivity contribution in [1.29, 1.82) is 0 Å². The molecule has 0 unspecified atom stereocenters. The van der Waals surface area contributed by atoms with Gasteiger partial charge in [-0.15, -0.1) is 0 Å². The van der Waals surface area contributed by atoms with Crippen LogP contribution in [0.4, 0.5) is 4.39 Å². The molecule has 0 amide bonds. The molecule has 0 aliphatic rings. The van der Waals surface area contributed by atoms with Gasteiger partial charge in [-0.05, 0) is 6.07 Å². The van der Waals surface area contributed by atoms with Crippen LogP contribution in [-0.4, -0.2) is 4.98 Å². The minimum absolute atomic E-state index is 0.126. The summed E-state index contributed by atoms with van der Waals surface area (Å²) in [5.74, 6) is -0.930. The van der Waals surface area contributed by atoms with Gasteiger partial charge in [0, 0.05) is 10.9 Å². The number of pyridine rings is 1. The summed E-state index contributed by atoms with van der Waals surface area (Å²) in [6.45, 7) is 0. The van der Waals surface area contributed by atoms with Gasteiger partial charge < -0.3 is 4.98 Å². The second-order valence-corrected chi connectivity index (χ2v) is 3.01. The third kappa shape index (κ3) is 1.21. The number of hydrogen-bond acceptors (Lipinski definition) is 1. The van der Waals surface area contributed by atoms with Gasteiger partial charge in [-0.3, -0.25) is 4.79 Å². The van der Waals surface area contributed by atoms with Crippen LogP contribution in [0.15, 0.2) is 29.1 Å². The lowest BCUT2D eigenvalue weighted by atomic mass is 10.2. The minimum atomic E-state index is -0.930. The van der Waals surface area contributed by atoms with E-state index in [2.05, 4.69) is 4.98 Å². The van der Waals surface area contributed by atoms with Crippen molar-refractivity contribution in [3.05, 3.63) is 45.5 Å². The van der Waals surface area contributed by atoms with Crippen molar-refractivity contribution in [2.24, 2.45) is 0 Å². The van der Waals surface area contributed by atoms with Crippen molar-refractivity contribution in [3.8, 4) is 0 Å². The Kier molecular flexibility index (Phi) is 1.81. The Morgan fingerprint density at radius 3 is 2.77 bits per heavy atom. The van der Waals surface area contributed by atoms with E-state index in [1.807, 2.05) is 0 Å². The van der Waals surface area contributed by atoms with Gasteiger partial charge in [0.05, 0.1) is 5.02 Å². The molecule has 1 aromatic heterocycles. The van der Waals surface area contributed by atoms with Gasteiger partial charge >= 0.3 is 0 Å². The molecule has 2 nitrogen and oxygen atoms in total. The first-order chi connectivity index (χ1) is 6.20. The number of H-pyrrole nitrogens is 1. The largest absolute Gasteiger partial charge is 0.319 e. The zero-order valence-corrected chi connectivity index (χ0v) is 7.23. The number of nitrogens with one attached hydrogen (secondary N) is 1. The monoisotopic (exact) mass is 197 g/mol. The van der Waals surface area contributed by atoms with E-state index < -0.39 is 11.4 Å². The quantitative estimate of drug-likeness (QED) is 0.691. The second-order valence-electron chi connectivity index (χ2n) is 2.63. The van der Waals surface area contributed by atoms with Gasteiger partial charge in [0.15, 0.2) is 0 Å². The van der Waals surface area contributed by atoms with E-state index >= 15 is 0 Å². The van der Waals surface area contributed by atoms with Crippen LogP contribution in [-0.2, 0) is 0 Å². The SMILES string of the molecule is O=c1[nH]c2ccccc2c(Cl)c1F. The van der Waals surface area contributed by atoms with E-state index in [9.17, 15) is 9.18 Å². The molecule has 0 atom stereocenters. The van der Waals surface area contributed by atoms with E-state index in [0.717, 1.165) is 0 Å². The normalized spacial score (nSPS) is 10.6. The van der Waals surface area contributed by atoms with Gasteiger partial charge in [-0.2, -0.15) is 4.39 Å². The van der Waals surface area contributed by atoms with Gasteiger partial charge in [0.1, 0.15) is 0 Å². The fraction of sp³-hybridized carbons (Fsp3) is 0. The van der Waals surface area contributed by atoms with Crippen LogP contribution in [0.25, 0.3) is 10.9 Å². The highest BCUT2D eigenvalue weighted by molar-refractivity contribution is 6.35. The number of hydrogen-bond donors (Lipinski definition) is 1. The van der Waals surface area contributed by atoms with Gasteiger partial charge in [0.2, 0.25) is 5.82 Å². The van der Waals surface area contributed by atoms with Crippen LogP contribution in [0.5, 0.6) is 0 Å². The summed E-state index contributed by atoms with van der Waals surface area (Å²) >= 11 is 5.64. The molecule has 0 saturated heterocycles. The van der Waals surface area contributed by atoms with E-state index in [4.69, 9.17) is 11.6 Å². The molecule has 0 saturated carbocycles. The highest BCUT2D eigenvalue weighted by Crippen LogP contribution is 2.21. The molecule has 1 heterocycles. The third-order valence-electron chi connectivity index (χ3n) is 1.80. The Labute approximate surface area is 78.0 Å². The molecule has 0 bridgehead atoms. The van der Waals surface area contributed by atoms with E-state index in [-0.39, 0.29) is 5.02 Å². The highest BCUT2D eigenvalue weighted by atomic mass is 35.5. The Balaban J connectivity index is 3.02. The molecular formula is C9H5ClFNO. The standard InChI is InChI=1S/C9H5ClFNO/c10-7-5-3-1-2-4-6(5)12-9(13)8(7)11/h1-4H,(H,12,13). The molecular weight excluding hydrogens is 193 g/mol. The molecule has 0 fully saturated rings. The van der Waals surface area contributed by atoms with Crippen LogP contribution in [0.1, 0.15) is 0 Å². The number of fused-ring (bicyclic) bond motifs is 1. The van der Waals surface area contributed by atoms with Crippen molar-refractivity contribution >= 4 is 22.5 Å². The Hall–Kier alpha value is -1.35. The van der Waals surface area contributed by atoms with Crippen molar-refractivity contribution in [1.82, 2.24) is 4.98 Å². The predicted molar refractivity (Wildman–Crippen MR) is 49.5 cm³/mol. The summed E-state index contributed by atoms with van der Waals surface area (Å²) in [6.07, 6.45) is 0. The average Bonchev–Trinajstić information content (AvgIpc) is 2.15. The molecule has 2 rings (SSSR count). The maximum Gasteiger partial charge on any atom is 0.286 e. The number of benzene rings is 1. The van der Waals surface area contributed by atoms with Crippen molar-refractivity contribution in [2.75, 3.05) is 0 Å². The van der Waals surface area contributed by atoms with E-state index in [0.29, 0.717) is 10.9 Å². The summed E-state index contributed by atoms with van der Waals surface area (Å²) in [6, 6.07) is 6.79. The first-order valence-corrected chi connectivity index (χ1v) is 4.04. The zero-order valence-electron chi connectivity index (χ0n) is 6.47. The molecule has 2 aromatic rings. The molecule has 1 N–H and O–H groups in total. The average molecular weight is 198 g/mol. The maximum absolute atomic E-state index is 13.0. The molecule has 0 aliphatic heterocycles. The summed E-state index contributed by atoms with van der Waals surface area (Å²) in [5.41, 5.74) is -0.248. The lowest BCUT2D eigenvalue weighted by Gasteiger charge is -1.99. The number of halogens is 2. The Morgan fingerprint density at radius 2 is 2.00 bits per heavy atom. The number of rotatable bonds is 0. The smallest absolute Gasteiger partial charge is 0.286 e. The topological polar surface area (TPSA) is 32.9 Å². The maximum atomic E-state index is 13.0. The van der Waals surface area contributed by atoms with Crippen molar-refractivity contribution < 1.29 is 4.39 Å². The summed E-state index contributed by atoms with van der Waals surface area (Å²) in [5, 5.41) is 0.389. The van der Waals surface area contributed by atoms with Crippen LogP contribution in [0.3, 0.4) is 0 Å². The fourth-order valence-corrected chi connectivity index (χ4v) is 1.43. The van der Waals surface area contributed by atoms with Gasteiger partial charge in [-0.1, -0.05) is 29.8 Å². The molecule has 1 aromatic carbocycles. The third-order valence-corrected chi connectivity index (χ3v) is 2.17. The molecule has 0 aliphatic carbocycles. The molecule has 0 spiro atoms. The van der Waals surface area contributed by atoms with Crippen LogP contribution >= 0.6 is 11.6 Å². The summed E-state index contributed by atoms with van der Waals surface area (Å²) < 4.78 is 13.0.